The molecule has 3 rings (SSSR count). The van der Waals surface area contributed by atoms with Gasteiger partial charge in [-0.3, -0.25) is 14.5 Å². The summed E-state index contributed by atoms with van der Waals surface area (Å²) in [6, 6.07) is 6.04. The van der Waals surface area contributed by atoms with E-state index in [-0.39, 0.29) is 17.6 Å². The monoisotopic (exact) mass is 404 g/mol. The summed E-state index contributed by atoms with van der Waals surface area (Å²) in [7, 11) is 1.66. The van der Waals surface area contributed by atoms with Gasteiger partial charge in [-0.15, -0.1) is 0 Å². The number of hydrogen-bond acceptors (Lipinski definition) is 5. The predicted molar refractivity (Wildman–Crippen MR) is 101 cm³/mol. The lowest BCUT2D eigenvalue weighted by atomic mass is 9.96. The lowest BCUT2D eigenvalue weighted by molar-refractivity contribution is -0.115. The van der Waals surface area contributed by atoms with E-state index < -0.39 is 0 Å². The highest BCUT2D eigenvalue weighted by Gasteiger charge is 2.27. The second kappa shape index (κ2) is 7.54. The Morgan fingerprint density at radius 1 is 1.12 bits per heavy atom. The van der Waals surface area contributed by atoms with Gasteiger partial charge in [0.1, 0.15) is 5.75 Å². The molecular weight excluding hydrogens is 384 g/mol. The number of carbonyl (C=O) groups is 2. The van der Waals surface area contributed by atoms with Crippen molar-refractivity contribution in [1.82, 2.24) is 4.90 Å². The molecule has 6 heteroatoms. The molecule has 0 radical (unpaired) electrons. The Balaban J connectivity index is 1.66. The number of carbonyl (C=O) groups excluding carboxylic acids is 2. The minimum Gasteiger partial charge on any atom is -0.495 e. The maximum absolute atomic E-state index is 12.0. The van der Waals surface area contributed by atoms with Gasteiger partial charge in [0.15, 0.2) is 11.6 Å². The van der Waals surface area contributed by atoms with Gasteiger partial charge in [-0.2, -0.15) is 0 Å². The van der Waals surface area contributed by atoms with Gasteiger partial charge in [-0.05, 0) is 53.2 Å². The molecule has 2 aliphatic rings. The number of halogens is 1. The SMILES string of the molecule is COc1cc(N2CCN(C(C)C3=CC(=O)C=CC3=O)CC2)ccc1Br. The van der Waals surface area contributed by atoms with Gasteiger partial charge in [-0.25, -0.2) is 0 Å². The number of benzene rings is 1. The van der Waals surface area contributed by atoms with Crippen molar-refractivity contribution in [2.45, 2.75) is 13.0 Å². The molecule has 1 saturated heterocycles. The summed E-state index contributed by atoms with van der Waals surface area (Å²) in [5.41, 5.74) is 1.71. The molecule has 1 fully saturated rings. The fraction of sp³-hybridized carbons (Fsp3) is 0.368. The number of anilines is 1. The highest BCUT2D eigenvalue weighted by atomic mass is 79.9. The molecular formula is C19H21BrN2O3. The van der Waals surface area contributed by atoms with Crippen molar-refractivity contribution in [2.24, 2.45) is 0 Å². The molecule has 0 spiro atoms. The Bertz CT molecular complexity index is 749. The number of nitrogens with zero attached hydrogens (tertiary/aromatic N) is 2. The molecule has 1 aromatic carbocycles. The lowest BCUT2D eigenvalue weighted by Crippen LogP contribution is -2.50. The van der Waals surface area contributed by atoms with E-state index in [4.69, 9.17) is 4.74 Å². The molecule has 1 aliphatic carbocycles. The molecule has 1 heterocycles. The van der Waals surface area contributed by atoms with E-state index in [1.165, 1.54) is 18.2 Å². The van der Waals surface area contributed by atoms with Gasteiger partial charge in [0.2, 0.25) is 0 Å². The molecule has 0 bridgehead atoms. The van der Waals surface area contributed by atoms with Crippen LogP contribution >= 0.6 is 15.9 Å². The van der Waals surface area contributed by atoms with Gasteiger partial charge in [-0.1, -0.05) is 0 Å². The zero-order valence-corrected chi connectivity index (χ0v) is 16.0. The molecule has 1 unspecified atom stereocenters. The zero-order chi connectivity index (χ0) is 18.0. The van der Waals surface area contributed by atoms with Crippen molar-refractivity contribution in [3.05, 3.63) is 46.5 Å². The van der Waals surface area contributed by atoms with Crippen LogP contribution in [0.15, 0.2) is 46.5 Å². The first-order chi connectivity index (χ1) is 12.0. The standard InChI is InChI=1S/C19H21BrN2O3/c1-13(16-12-15(23)4-6-18(16)24)21-7-9-22(10-8-21)14-3-5-17(20)19(11-14)25-2/h3-6,11-13H,7-10H2,1-2H3. The minimum atomic E-state index is -0.109. The molecule has 1 atom stereocenters. The summed E-state index contributed by atoms with van der Waals surface area (Å²) in [6.45, 7) is 5.39. The van der Waals surface area contributed by atoms with Crippen molar-refractivity contribution >= 4 is 33.2 Å². The molecule has 0 aromatic heterocycles. The van der Waals surface area contributed by atoms with Crippen LogP contribution in [0, 0.1) is 0 Å². The molecule has 25 heavy (non-hydrogen) atoms. The number of allylic oxidation sites excluding steroid dienone is 3. The van der Waals surface area contributed by atoms with E-state index in [0.717, 1.165) is 42.1 Å². The van der Waals surface area contributed by atoms with Crippen molar-refractivity contribution in [2.75, 3.05) is 38.2 Å². The van der Waals surface area contributed by atoms with Crippen molar-refractivity contribution in [1.29, 1.82) is 0 Å². The average Bonchev–Trinajstić information content (AvgIpc) is 2.64. The number of hydrogen-bond donors (Lipinski definition) is 0. The third-order valence-electron chi connectivity index (χ3n) is 4.79. The first kappa shape index (κ1) is 17.9. The van der Waals surface area contributed by atoms with E-state index in [1.54, 1.807) is 7.11 Å². The quantitative estimate of drug-likeness (QED) is 0.721. The summed E-state index contributed by atoms with van der Waals surface area (Å²) in [4.78, 5) is 28.2. The molecule has 1 aliphatic heterocycles. The molecule has 132 valence electrons. The Morgan fingerprint density at radius 2 is 1.84 bits per heavy atom. The molecule has 0 N–H and O–H groups in total. The summed E-state index contributed by atoms with van der Waals surface area (Å²) in [5, 5.41) is 0. The van der Waals surface area contributed by atoms with E-state index in [9.17, 15) is 9.59 Å². The third-order valence-corrected chi connectivity index (χ3v) is 5.45. The van der Waals surface area contributed by atoms with E-state index in [2.05, 4.69) is 31.8 Å². The Hall–Kier alpha value is -1.92. The number of piperazine rings is 1. The van der Waals surface area contributed by atoms with Crippen LogP contribution in [0.2, 0.25) is 0 Å². The second-order valence-electron chi connectivity index (χ2n) is 6.22. The van der Waals surface area contributed by atoms with Gasteiger partial charge >= 0.3 is 0 Å². The van der Waals surface area contributed by atoms with Crippen molar-refractivity contribution in [3.63, 3.8) is 0 Å². The zero-order valence-electron chi connectivity index (χ0n) is 14.4. The van der Waals surface area contributed by atoms with Crippen LogP contribution in [0.5, 0.6) is 5.75 Å². The minimum absolute atomic E-state index is 0.0528. The van der Waals surface area contributed by atoms with E-state index in [1.807, 2.05) is 19.1 Å². The van der Waals surface area contributed by atoms with Crippen LogP contribution in [0.4, 0.5) is 5.69 Å². The van der Waals surface area contributed by atoms with Crippen LogP contribution in [0.1, 0.15) is 6.92 Å². The van der Waals surface area contributed by atoms with Gasteiger partial charge in [0.25, 0.3) is 0 Å². The molecule has 0 saturated carbocycles. The van der Waals surface area contributed by atoms with Crippen LogP contribution in [0.3, 0.4) is 0 Å². The van der Waals surface area contributed by atoms with Crippen LogP contribution in [-0.2, 0) is 9.59 Å². The van der Waals surface area contributed by atoms with Gasteiger partial charge in [0.05, 0.1) is 11.6 Å². The highest BCUT2D eigenvalue weighted by Crippen LogP contribution is 2.30. The summed E-state index contributed by atoms with van der Waals surface area (Å²) < 4.78 is 6.31. The van der Waals surface area contributed by atoms with Crippen molar-refractivity contribution in [3.8, 4) is 5.75 Å². The third kappa shape index (κ3) is 3.85. The number of ether oxygens (including phenoxy) is 1. The lowest BCUT2D eigenvalue weighted by Gasteiger charge is -2.39. The largest absolute Gasteiger partial charge is 0.495 e. The Labute approximate surface area is 156 Å². The van der Waals surface area contributed by atoms with Crippen LogP contribution < -0.4 is 9.64 Å². The maximum Gasteiger partial charge on any atom is 0.183 e. The summed E-state index contributed by atoms with van der Waals surface area (Å²) in [5.74, 6) is 0.644. The predicted octanol–water partition coefficient (Wildman–Crippen LogP) is 2.60. The fourth-order valence-corrected chi connectivity index (χ4v) is 3.67. The number of ketones is 2. The van der Waals surface area contributed by atoms with Gasteiger partial charge in [0, 0.05) is 49.5 Å². The normalized spacial score (nSPS) is 19.8. The molecule has 5 nitrogen and oxygen atoms in total. The Morgan fingerprint density at radius 3 is 2.52 bits per heavy atom. The first-order valence-electron chi connectivity index (χ1n) is 8.30. The van der Waals surface area contributed by atoms with Crippen LogP contribution in [-0.4, -0.2) is 55.8 Å². The average molecular weight is 405 g/mol. The van der Waals surface area contributed by atoms with E-state index in [0.29, 0.717) is 5.57 Å². The first-order valence-corrected chi connectivity index (χ1v) is 9.09. The smallest absolute Gasteiger partial charge is 0.183 e. The van der Waals surface area contributed by atoms with Crippen molar-refractivity contribution < 1.29 is 14.3 Å². The number of rotatable bonds is 4. The maximum atomic E-state index is 12.0. The van der Waals surface area contributed by atoms with Crippen LogP contribution in [0.25, 0.3) is 0 Å². The molecule has 0 amide bonds. The topological polar surface area (TPSA) is 49.9 Å². The van der Waals surface area contributed by atoms with E-state index >= 15 is 0 Å². The summed E-state index contributed by atoms with van der Waals surface area (Å²) in [6.07, 6.45) is 4.18. The summed E-state index contributed by atoms with van der Waals surface area (Å²) >= 11 is 3.47. The fourth-order valence-electron chi connectivity index (χ4n) is 3.26. The second-order valence-corrected chi connectivity index (χ2v) is 7.07. The highest BCUT2D eigenvalue weighted by molar-refractivity contribution is 9.10. The van der Waals surface area contributed by atoms with Gasteiger partial charge < -0.3 is 9.64 Å². The molecule has 1 aromatic rings. The number of methoxy groups -OCH3 is 1. The Kier molecular flexibility index (Phi) is 5.39.